The highest BCUT2D eigenvalue weighted by atomic mass is 15.2. The van der Waals surface area contributed by atoms with E-state index in [4.69, 9.17) is 5.26 Å². The summed E-state index contributed by atoms with van der Waals surface area (Å²) in [5.41, 5.74) is 0. The van der Waals surface area contributed by atoms with Gasteiger partial charge in [0, 0.05) is 19.1 Å². The van der Waals surface area contributed by atoms with Crippen LogP contribution < -0.4 is 5.32 Å². The van der Waals surface area contributed by atoms with Crippen LogP contribution in [0.5, 0.6) is 0 Å². The summed E-state index contributed by atoms with van der Waals surface area (Å²) < 4.78 is 0. The Labute approximate surface area is 113 Å². The molecule has 1 aliphatic carbocycles. The van der Waals surface area contributed by atoms with Gasteiger partial charge in [0.25, 0.3) is 0 Å². The van der Waals surface area contributed by atoms with Crippen molar-refractivity contribution in [1.82, 2.24) is 10.2 Å². The zero-order valence-electron chi connectivity index (χ0n) is 12.3. The summed E-state index contributed by atoms with van der Waals surface area (Å²) in [6, 6.07) is 3.16. The highest BCUT2D eigenvalue weighted by Crippen LogP contribution is 2.24. The molecule has 1 atom stereocenters. The summed E-state index contributed by atoms with van der Waals surface area (Å²) in [5, 5.41) is 12.3. The molecular weight excluding hydrogens is 222 g/mol. The van der Waals surface area contributed by atoms with E-state index >= 15 is 0 Å². The molecule has 1 N–H and O–H groups in total. The van der Waals surface area contributed by atoms with Crippen molar-refractivity contribution in [3.8, 4) is 6.07 Å². The number of nitrogens with one attached hydrogen (secondary N) is 1. The van der Waals surface area contributed by atoms with Gasteiger partial charge < -0.3 is 10.2 Å². The van der Waals surface area contributed by atoms with Gasteiger partial charge >= 0.3 is 0 Å². The zero-order chi connectivity index (χ0) is 13.4. The van der Waals surface area contributed by atoms with Crippen LogP contribution in [0.2, 0.25) is 0 Å². The molecule has 0 aromatic rings. The lowest BCUT2D eigenvalue weighted by Crippen LogP contribution is -2.40. The number of hydrogen-bond donors (Lipinski definition) is 1. The molecule has 3 nitrogen and oxygen atoms in total. The second kappa shape index (κ2) is 8.50. The minimum atomic E-state index is 0.0195. The first-order valence-corrected chi connectivity index (χ1v) is 7.54. The van der Waals surface area contributed by atoms with E-state index in [2.05, 4.69) is 37.1 Å². The molecule has 0 spiro atoms. The Morgan fingerprint density at radius 1 is 1.33 bits per heavy atom. The molecule has 0 aliphatic heterocycles. The summed E-state index contributed by atoms with van der Waals surface area (Å²) in [5.74, 6) is 0.713. The van der Waals surface area contributed by atoms with E-state index in [9.17, 15) is 0 Å². The molecule has 1 fully saturated rings. The van der Waals surface area contributed by atoms with Gasteiger partial charge in [0.1, 0.15) is 0 Å². The minimum Gasteiger partial charge on any atom is -0.302 e. The van der Waals surface area contributed by atoms with E-state index < -0.39 is 0 Å². The fraction of sp³-hybridized carbons (Fsp3) is 0.933. The third-order valence-electron chi connectivity index (χ3n) is 3.75. The number of nitrogens with zero attached hydrogens (tertiary/aromatic N) is 2. The van der Waals surface area contributed by atoms with Gasteiger partial charge in [-0.3, -0.25) is 0 Å². The lowest BCUT2D eigenvalue weighted by Gasteiger charge is -2.31. The quantitative estimate of drug-likeness (QED) is 0.721. The van der Waals surface area contributed by atoms with E-state index in [1.165, 1.54) is 32.2 Å². The van der Waals surface area contributed by atoms with Crippen molar-refractivity contribution < 1.29 is 0 Å². The largest absolute Gasteiger partial charge is 0.302 e. The van der Waals surface area contributed by atoms with Crippen LogP contribution in [0.25, 0.3) is 0 Å². The third kappa shape index (κ3) is 5.37. The van der Waals surface area contributed by atoms with E-state index in [0.29, 0.717) is 5.92 Å². The fourth-order valence-electron chi connectivity index (χ4n) is 2.91. The molecule has 0 heterocycles. The smallest absolute Gasteiger partial charge is 0.0965 e. The molecule has 1 rings (SSSR count). The van der Waals surface area contributed by atoms with Crippen molar-refractivity contribution in [2.75, 3.05) is 19.6 Å². The lowest BCUT2D eigenvalue weighted by molar-refractivity contribution is 0.172. The van der Waals surface area contributed by atoms with Crippen molar-refractivity contribution in [3.63, 3.8) is 0 Å². The third-order valence-corrected chi connectivity index (χ3v) is 3.75. The minimum absolute atomic E-state index is 0.0195. The monoisotopic (exact) mass is 251 g/mol. The summed E-state index contributed by atoms with van der Waals surface area (Å²) in [6.45, 7) is 9.75. The average molecular weight is 251 g/mol. The van der Waals surface area contributed by atoms with Gasteiger partial charge in [0.05, 0.1) is 12.1 Å². The molecule has 18 heavy (non-hydrogen) atoms. The summed E-state index contributed by atoms with van der Waals surface area (Å²) in [7, 11) is 0. The van der Waals surface area contributed by atoms with E-state index in [1.54, 1.807) is 0 Å². The van der Waals surface area contributed by atoms with Crippen molar-refractivity contribution in [1.29, 1.82) is 5.26 Å². The van der Waals surface area contributed by atoms with Crippen molar-refractivity contribution in [2.45, 2.75) is 65.0 Å². The average Bonchev–Trinajstić information content (AvgIpc) is 2.85. The van der Waals surface area contributed by atoms with Crippen LogP contribution in [-0.2, 0) is 0 Å². The van der Waals surface area contributed by atoms with E-state index in [-0.39, 0.29) is 6.04 Å². The Bertz CT molecular complexity index is 251. The van der Waals surface area contributed by atoms with Gasteiger partial charge in [-0.05, 0) is 31.7 Å². The van der Waals surface area contributed by atoms with Crippen LogP contribution in [0, 0.1) is 17.2 Å². The standard InChI is InChI=1S/C15H29N3/c1-4-17-14(11-16)9-10-18(12-13(2)3)15-7-5-6-8-15/h13-15,17H,4-10,12H2,1-3H3. The van der Waals surface area contributed by atoms with Gasteiger partial charge in [-0.25, -0.2) is 0 Å². The maximum Gasteiger partial charge on any atom is 0.0965 e. The Morgan fingerprint density at radius 2 is 2.00 bits per heavy atom. The van der Waals surface area contributed by atoms with Gasteiger partial charge in [-0.15, -0.1) is 0 Å². The van der Waals surface area contributed by atoms with Crippen LogP contribution in [-0.4, -0.2) is 36.6 Å². The molecule has 0 aromatic carbocycles. The molecular formula is C15H29N3. The fourth-order valence-corrected chi connectivity index (χ4v) is 2.91. The van der Waals surface area contributed by atoms with Crippen LogP contribution >= 0.6 is 0 Å². The second-order valence-electron chi connectivity index (χ2n) is 5.86. The molecule has 1 saturated carbocycles. The predicted octanol–water partition coefficient (Wildman–Crippen LogP) is 2.78. The zero-order valence-corrected chi connectivity index (χ0v) is 12.3. The summed E-state index contributed by atoms with van der Waals surface area (Å²) in [4.78, 5) is 2.62. The number of hydrogen-bond acceptors (Lipinski definition) is 3. The Balaban J connectivity index is 2.42. The first-order chi connectivity index (χ1) is 8.67. The van der Waals surface area contributed by atoms with Crippen molar-refractivity contribution in [2.24, 2.45) is 5.92 Å². The van der Waals surface area contributed by atoms with Crippen molar-refractivity contribution >= 4 is 0 Å². The SMILES string of the molecule is CCNC(C#N)CCN(CC(C)C)C1CCCC1. The first kappa shape index (κ1) is 15.5. The van der Waals surface area contributed by atoms with Gasteiger partial charge in [0.2, 0.25) is 0 Å². The Hall–Kier alpha value is -0.590. The Kier molecular flexibility index (Phi) is 7.31. The Morgan fingerprint density at radius 3 is 2.50 bits per heavy atom. The van der Waals surface area contributed by atoms with E-state index in [1.807, 2.05) is 0 Å². The van der Waals surface area contributed by atoms with E-state index in [0.717, 1.165) is 25.6 Å². The molecule has 1 aliphatic rings. The molecule has 0 aromatic heterocycles. The molecule has 0 bridgehead atoms. The van der Waals surface area contributed by atoms with Gasteiger partial charge in [-0.2, -0.15) is 5.26 Å². The molecule has 104 valence electrons. The number of rotatable bonds is 8. The lowest BCUT2D eigenvalue weighted by atomic mass is 10.1. The number of nitriles is 1. The second-order valence-corrected chi connectivity index (χ2v) is 5.86. The predicted molar refractivity (Wildman–Crippen MR) is 76.4 cm³/mol. The topological polar surface area (TPSA) is 39.1 Å². The molecule has 0 amide bonds. The normalized spacial score (nSPS) is 18.4. The highest BCUT2D eigenvalue weighted by molar-refractivity contribution is 4.90. The van der Waals surface area contributed by atoms with Crippen LogP contribution in [0.1, 0.15) is 52.9 Å². The van der Waals surface area contributed by atoms with Crippen LogP contribution in [0.3, 0.4) is 0 Å². The summed E-state index contributed by atoms with van der Waals surface area (Å²) in [6.07, 6.45) is 6.42. The molecule has 1 unspecified atom stereocenters. The van der Waals surface area contributed by atoms with Crippen LogP contribution in [0.4, 0.5) is 0 Å². The maximum atomic E-state index is 9.09. The van der Waals surface area contributed by atoms with Crippen molar-refractivity contribution in [3.05, 3.63) is 0 Å². The van der Waals surface area contributed by atoms with Crippen LogP contribution in [0.15, 0.2) is 0 Å². The highest BCUT2D eigenvalue weighted by Gasteiger charge is 2.23. The van der Waals surface area contributed by atoms with Gasteiger partial charge in [0.15, 0.2) is 0 Å². The molecule has 0 radical (unpaired) electrons. The first-order valence-electron chi connectivity index (χ1n) is 7.54. The summed E-state index contributed by atoms with van der Waals surface area (Å²) >= 11 is 0. The molecule has 0 saturated heterocycles. The van der Waals surface area contributed by atoms with Gasteiger partial charge in [-0.1, -0.05) is 33.6 Å². The molecule has 3 heteroatoms. The maximum absolute atomic E-state index is 9.09.